The lowest BCUT2D eigenvalue weighted by molar-refractivity contribution is -0.387. The third kappa shape index (κ3) is 2.05. The molecule has 0 saturated heterocycles. The first-order valence-corrected chi connectivity index (χ1v) is 6.04. The van der Waals surface area contributed by atoms with Gasteiger partial charge in [0.1, 0.15) is 0 Å². The van der Waals surface area contributed by atoms with Crippen LogP contribution in [0.1, 0.15) is 25.0 Å². The maximum absolute atomic E-state index is 11.6. The number of aromatic hydroxyl groups is 1. The molecule has 19 heavy (non-hydrogen) atoms. The molecule has 2 rings (SSSR count). The van der Waals surface area contributed by atoms with Crippen molar-refractivity contribution >= 4 is 16.6 Å². The Hall–Kier alpha value is -2.37. The van der Waals surface area contributed by atoms with Crippen molar-refractivity contribution in [1.29, 1.82) is 0 Å². The van der Waals surface area contributed by atoms with Crippen molar-refractivity contribution in [2.75, 3.05) is 0 Å². The molecule has 0 atom stereocenters. The first-order valence-electron chi connectivity index (χ1n) is 6.04. The number of benzene rings is 1. The molecule has 0 aliphatic rings. The highest BCUT2D eigenvalue weighted by Gasteiger charge is 2.22. The fourth-order valence-electron chi connectivity index (χ4n) is 2.23. The van der Waals surface area contributed by atoms with Crippen LogP contribution in [-0.2, 0) is 12.8 Å². The summed E-state index contributed by atoms with van der Waals surface area (Å²) in [5.41, 5.74) is 0.785. The molecule has 0 spiro atoms. The molecule has 2 aromatic rings. The number of nitrogens with one attached hydrogen (secondary N) is 1. The van der Waals surface area contributed by atoms with E-state index in [2.05, 4.69) is 4.98 Å². The van der Waals surface area contributed by atoms with Crippen molar-refractivity contribution in [2.24, 2.45) is 0 Å². The number of fused-ring (bicyclic) bond motifs is 1. The summed E-state index contributed by atoms with van der Waals surface area (Å²) in [6.45, 7) is 3.96. The number of nitro groups is 1. The molecule has 0 aliphatic heterocycles. The highest BCUT2D eigenvalue weighted by Crippen LogP contribution is 2.31. The van der Waals surface area contributed by atoms with Gasteiger partial charge in [-0.05, 0) is 36.1 Å². The van der Waals surface area contributed by atoms with E-state index in [0.29, 0.717) is 10.9 Å². The lowest BCUT2D eigenvalue weighted by Gasteiger charge is -2.09. The SMILES string of the molecule is CCc1cc2[nH]c(=O)c([N+](=O)[O-])c(O)c2cc1CC. The lowest BCUT2D eigenvalue weighted by atomic mass is 9.99. The molecule has 100 valence electrons. The zero-order valence-electron chi connectivity index (χ0n) is 10.7. The lowest BCUT2D eigenvalue weighted by Crippen LogP contribution is -2.12. The second-order valence-electron chi connectivity index (χ2n) is 4.28. The first kappa shape index (κ1) is 13.1. The van der Waals surface area contributed by atoms with Gasteiger partial charge < -0.3 is 10.1 Å². The molecule has 1 aromatic carbocycles. The van der Waals surface area contributed by atoms with Gasteiger partial charge in [0.25, 0.3) is 0 Å². The van der Waals surface area contributed by atoms with E-state index in [1.807, 2.05) is 13.8 Å². The molecule has 0 saturated carbocycles. The Labute approximate surface area is 108 Å². The van der Waals surface area contributed by atoms with Gasteiger partial charge >= 0.3 is 11.2 Å². The summed E-state index contributed by atoms with van der Waals surface area (Å²) in [7, 11) is 0. The first-order chi connectivity index (χ1) is 8.99. The number of rotatable bonds is 3. The average Bonchev–Trinajstić information content (AvgIpc) is 2.36. The van der Waals surface area contributed by atoms with E-state index in [1.54, 1.807) is 12.1 Å². The summed E-state index contributed by atoms with van der Waals surface area (Å²) < 4.78 is 0. The van der Waals surface area contributed by atoms with Crippen LogP contribution < -0.4 is 5.56 Å². The third-order valence-electron chi connectivity index (χ3n) is 3.23. The Morgan fingerprint density at radius 2 is 1.84 bits per heavy atom. The molecule has 0 bridgehead atoms. The smallest absolute Gasteiger partial charge is 0.375 e. The highest BCUT2D eigenvalue weighted by atomic mass is 16.6. The van der Waals surface area contributed by atoms with Gasteiger partial charge in [-0.2, -0.15) is 0 Å². The van der Waals surface area contributed by atoms with Crippen molar-refractivity contribution in [3.63, 3.8) is 0 Å². The molecule has 6 heteroatoms. The van der Waals surface area contributed by atoms with Crippen LogP contribution in [0, 0.1) is 10.1 Å². The van der Waals surface area contributed by atoms with Crippen LogP contribution in [0.3, 0.4) is 0 Å². The van der Waals surface area contributed by atoms with Crippen molar-refractivity contribution in [2.45, 2.75) is 26.7 Å². The number of H-pyrrole nitrogens is 1. The maximum atomic E-state index is 11.6. The van der Waals surface area contributed by atoms with Gasteiger partial charge in [0.15, 0.2) is 0 Å². The number of aryl methyl sites for hydroxylation is 2. The molecule has 1 aromatic heterocycles. The number of aromatic amines is 1. The Morgan fingerprint density at radius 1 is 1.26 bits per heavy atom. The summed E-state index contributed by atoms with van der Waals surface area (Å²) in [5, 5.41) is 21.0. The molecule has 0 amide bonds. The van der Waals surface area contributed by atoms with Gasteiger partial charge in [0.2, 0.25) is 5.75 Å². The Morgan fingerprint density at radius 3 is 2.37 bits per heavy atom. The van der Waals surface area contributed by atoms with Crippen LogP contribution >= 0.6 is 0 Å². The topological polar surface area (TPSA) is 96.2 Å². The molecular weight excluding hydrogens is 248 g/mol. The zero-order chi connectivity index (χ0) is 14.2. The standard InChI is InChI=1S/C13H14N2O4/c1-3-7-5-9-10(6-8(7)4-2)14-13(17)11(12(9)16)15(18)19/h5-6H,3-4H2,1-2H3,(H2,14,16,17). The van der Waals surface area contributed by atoms with Crippen LogP contribution in [0.25, 0.3) is 10.9 Å². The van der Waals surface area contributed by atoms with Gasteiger partial charge in [-0.1, -0.05) is 13.8 Å². The zero-order valence-corrected chi connectivity index (χ0v) is 10.7. The Kier molecular flexibility index (Phi) is 3.25. The summed E-state index contributed by atoms with van der Waals surface area (Å²) in [6, 6.07) is 3.46. The summed E-state index contributed by atoms with van der Waals surface area (Å²) in [5.74, 6) is -0.568. The second kappa shape index (κ2) is 4.72. The van der Waals surface area contributed by atoms with Crippen LogP contribution in [0.2, 0.25) is 0 Å². The molecule has 6 nitrogen and oxygen atoms in total. The molecule has 0 radical (unpaired) electrons. The number of aromatic nitrogens is 1. The van der Waals surface area contributed by atoms with Crippen LogP contribution in [0.15, 0.2) is 16.9 Å². The molecule has 2 N–H and O–H groups in total. The third-order valence-corrected chi connectivity index (χ3v) is 3.23. The minimum absolute atomic E-state index is 0.306. The van der Waals surface area contributed by atoms with E-state index < -0.39 is 21.9 Å². The molecule has 0 fully saturated rings. The van der Waals surface area contributed by atoms with Crippen molar-refractivity contribution in [1.82, 2.24) is 4.98 Å². The number of pyridine rings is 1. The summed E-state index contributed by atoms with van der Waals surface area (Å²) in [4.78, 5) is 24.0. The van der Waals surface area contributed by atoms with Gasteiger partial charge in [0, 0.05) is 5.39 Å². The van der Waals surface area contributed by atoms with Crippen LogP contribution in [-0.4, -0.2) is 15.0 Å². The molecule has 0 unspecified atom stereocenters. The van der Waals surface area contributed by atoms with Crippen molar-refractivity contribution in [3.05, 3.63) is 43.7 Å². The van der Waals surface area contributed by atoms with Crippen LogP contribution in [0.4, 0.5) is 5.69 Å². The number of nitrogens with zero attached hydrogens (tertiary/aromatic N) is 1. The van der Waals surface area contributed by atoms with Crippen molar-refractivity contribution < 1.29 is 10.0 Å². The van der Waals surface area contributed by atoms with E-state index in [-0.39, 0.29) is 0 Å². The van der Waals surface area contributed by atoms with E-state index in [1.165, 1.54) is 0 Å². The van der Waals surface area contributed by atoms with E-state index in [0.717, 1.165) is 24.0 Å². The summed E-state index contributed by atoms with van der Waals surface area (Å²) >= 11 is 0. The van der Waals surface area contributed by atoms with Gasteiger partial charge in [-0.15, -0.1) is 0 Å². The van der Waals surface area contributed by atoms with E-state index >= 15 is 0 Å². The predicted molar refractivity (Wildman–Crippen MR) is 71.6 cm³/mol. The largest absolute Gasteiger partial charge is 0.501 e. The van der Waals surface area contributed by atoms with Gasteiger partial charge in [0.05, 0.1) is 10.4 Å². The molecule has 1 heterocycles. The molecule has 0 aliphatic carbocycles. The second-order valence-corrected chi connectivity index (χ2v) is 4.28. The summed E-state index contributed by atoms with van der Waals surface area (Å²) in [6.07, 6.45) is 1.55. The maximum Gasteiger partial charge on any atom is 0.375 e. The fourth-order valence-corrected chi connectivity index (χ4v) is 2.23. The number of hydrogen-bond donors (Lipinski definition) is 2. The normalized spacial score (nSPS) is 10.8. The van der Waals surface area contributed by atoms with E-state index in [4.69, 9.17) is 0 Å². The average molecular weight is 262 g/mol. The number of hydrogen-bond acceptors (Lipinski definition) is 4. The van der Waals surface area contributed by atoms with Crippen LogP contribution in [0.5, 0.6) is 5.75 Å². The fraction of sp³-hybridized carbons (Fsp3) is 0.308. The minimum Gasteiger partial charge on any atom is -0.501 e. The predicted octanol–water partition coefficient (Wildman–Crippen LogP) is 2.27. The van der Waals surface area contributed by atoms with Crippen molar-refractivity contribution in [3.8, 4) is 5.75 Å². The highest BCUT2D eigenvalue weighted by molar-refractivity contribution is 5.89. The Bertz CT molecular complexity index is 719. The quantitative estimate of drug-likeness (QED) is 0.655. The Balaban J connectivity index is 2.90. The van der Waals surface area contributed by atoms with Gasteiger partial charge in [-0.3, -0.25) is 14.9 Å². The van der Waals surface area contributed by atoms with E-state index in [9.17, 15) is 20.0 Å². The minimum atomic E-state index is -0.888. The molecular formula is C13H14N2O4. The monoisotopic (exact) mass is 262 g/mol. The van der Waals surface area contributed by atoms with Gasteiger partial charge in [-0.25, -0.2) is 0 Å².